The Balaban J connectivity index is 1.60. The maximum atomic E-state index is 12.2. The lowest BCUT2D eigenvalue weighted by Crippen LogP contribution is -2.25. The number of carbonyl (C=O) groups is 1. The van der Waals surface area contributed by atoms with Gasteiger partial charge in [-0.2, -0.15) is 4.98 Å². The minimum Gasteiger partial charge on any atom is -0.347 e. The standard InChI is InChI=1S/C18H17ClN4O4S/c1-28(25,26)23-15-5-3-2-4-13(15)10-16(24)20-11-17-21-18(22-27-17)12-6-8-14(19)9-7-12/h2-9,23H,10-11H2,1H3,(H,20,24). The number of nitrogens with zero attached hydrogens (tertiary/aromatic N) is 2. The van der Waals surface area contributed by atoms with Crippen molar-refractivity contribution in [1.29, 1.82) is 0 Å². The summed E-state index contributed by atoms with van der Waals surface area (Å²) >= 11 is 5.85. The second kappa shape index (κ2) is 8.41. The van der Waals surface area contributed by atoms with Gasteiger partial charge in [-0.05, 0) is 35.9 Å². The zero-order valence-electron chi connectivity index (χ0n) is 14.8. The van der Waals surface area contributed by atoms with Crippen LogP contribution in [0.2, 0.25) is 5.02 Å². The fraction of sp³-hybridized carbons (Fsp3) is 0.167. The number of rotatable bonds is 7. The number of para-hydroxylation sites is 1. The number of amides is 1. The molecule has 0 fully saturated rings. The summed E-state index contributed by atoms with van der Waals surface area (Å²) < 4.78 is 30.4. The SMILES string of the molecule is CS(=O)(=O)Nc1ccccc1CC(=O)NCc1nc(-c2ccc(Cl)cc2)no1. The van der Waals surface area contributed by atoms with Crippen LogP contribution in [0.4, 0.5) is 5.69 Å². The van der Waals surface area contributed by atoms with Gasteiger partial charge in [0, 0.05) is 10.6 Å². The predicted octanol–water partition coefficient (Wildman–Crippen LogP) is 2.62. The van der Waals surface area contributed by atoms with E-state index in [1.165, 1.54) is 0 Å². The van der Waals surface area contributed by atoms with E-state index in [0.717, 1.165) is 11.8 Å². The smallest absolute Gasteiger partial charge is 0.246 e. The highest BCUT2D eigenvalue weighted by Crippen LogP contribution is 2.19. The largest absolute Gasteiger partial charge is 0.347 e. The molecule has 0 aliphatic carbocycles. The van der Waals surface area contributed by atoms with E-state index < -0.39 is 10.0 Å². The number of benzene rings is 2. The molecule has 28 heavy (non-hydrogen) atoms. The fourth-order valence-electron chi connectivity index (χ4n) is 2.43. The maximum Gasteiger partial charge on any atom is 0.246 e. The van der Waals surface area contributed by atoms with Gasteiger partial charge in [0.2, 0.25) is 27.6 Å². The highest BCUT2D eigenvalue weighted by atomic mass is 35.5. The van der Waals surface area contributed by atoms with Crippen molar-refractivity contribution in [2.75, 3.05) is 11.0 Å². The number of nitrogens with one attached hydrogen (secondary N) is 2. The van der Waals surface area contributed by atoms with Crippen molar-refractivity contribution in [3.63, 3.8) is 0 Å². The highest BCUT2D eigenvalue weighted by molar-refractivity contribution is 7.92. The Hall–Kier alpha value is -2.91. The number of hydrogen-bond acceptors (Lipinski definition) is 6. The van der Waals surface area contributed by atoms with Crippen LogP contribution in [0.15, 0.2) is 53.1 Å². The molecule has 8 nitrogen and oxygen atoms in total. The Morgan fingerprint density at radius 2 is 1.86 bits per heavy atom. The van der Waals surface area contributed by atoms with E-state index in [-0.39, 0.29) is 24.8 Å². The summed E-state index contributed by atoms with van der Waals surface area (Å²) in [6.07, 6.45) is 1.05. The van der Waals surface area contributed by atoms with E-state index in [2.05, 4.69) is 20.2 Å². The Kier molecular flexibility index (Phi) is 5.96. The van der Waals surface area contributed by atoms with Gasteiger partial charge in [-0.1, -0.05) is 35.0 Å². The number of anilines is 1. The Morgan fingerprint density at radius 1 is 1.14 bits per heavy atom. The van der Waals surface area contributed by atoms with E-state index in [9.17, 15) is 13.2 Å². The van der Waals surface area contributed by atoms with Crippen LogP contribution in [0.1, 0.15) is 11.5 Å². The van der Waals surface area contributed by atoms with Crippen LogP contribution in [0, 0.1) is 0 Å². The zero-order chi connectivity index (χ0) is 20.1. The molecular formula is C18H17ClN4O4S. The second-order valence-corrected chi connectivity index (χ2v) is 8.19. The van der Waals surface area contributed by atoms with Crippen molar-refractivity contribution in [2.45, 2.75) is 13.0 Å². The number of aromatic nitrogens is 2. The number of halogens is 1. The molecule has 0 aliphatic heterocycles. The van der Waals surface area contributed by atoms with Crippen LogP contribution in [0.3, 0.4) is 0 Å². The van der Waals surface area contributed by atoms with E-state index >= 15 is 0 Å². The van der Waals surface area contributed by atoms with Gasteiger partial charge in [0.1, 0.15) is 0 Å². The fourth-order valence-corrected chi connectivity index (χ4v) is 3.15. The first-order chi connectivity index (χ1) is 13.3. The first-order valence-corrected chi connectivity index (χ1v) is 10.5. The van der Waals surface area contributed by atoms with Crippen LogP contribution in [-0.2, 0) is 27.8 Å². The zero-order valence-corrected chi connectivity index (χ0v) is 16.4. The first-order valence-electron chi connectivity index (χ1n) is 8.21. The summed E-state index contributed by atoms with van der Waals surface area (Å²) in [7, 11) is -3.44. The highest BCUT2D eigenvalue weighted by Gasteiger charge is 2.13. The minimum atomic E-state index is -3.44. The molecular weight excluding hydrogens is 404 g/mol. The molecule has 10 heteroatoms. The molecule has 3 rings (SSSR count). The lowest BCUT2D eigenvalue weighted by Gasteiger charge is -2.10. The van der Waals surface area contributed by atoms with Crippen molar-refractivity contribution in [3.05, 3.63) is 65.0 Å². The summed E-state index contributed by atoms with van der Waals surface area (Å²) in [6, 6.07) is 13.7. The molecule has 1 amide bonds. The Morgan fingerprint density at radius 3 is 2.57 bits per heavy atom. The molecule has 2 aromatic carbocycles. The van der Waals surface area contributed by atoms with Crippen molar-refractivity contribution >= 4 is 33.2 Å². The van der Waals surface area contributed by atoms with Gasteiger partial charge in [0.05, 0.1) is 24.9 Å². The third-order valence-electron chi connectivity index (χ3n) is 3.67. The predicted molar refractivity (Wildman–Crippen MR) is 105 cm³/mol. The van der Waals surface area contributed by atoms with Crippen LogP contribution in [-0.4, -0.2) is 30.7 Å². The van der Waals surface area contributed by atoms with Gasteiger partial charge < -0.3 is 9.84 Å². The van der Waals surface area contributed by atoms with Gasteiger partial charge in [-0.15, -0.1) is 0 Å². The van der Waals surface area contributed by atoms with Crippen LogP contribution in [0.5, 0.6) is 0 Å². The van der Waals surface area contributed by atoms with Gasteiger partial charge >= 0.3 is 0 Å². The summed E-state index contributed by atoms with van der Waals surface area (Å²) in [5, 5.41) is 7.16. The lowest BCUT2D eigenvalue weighted by molar-refractivity contribution is -0.120. The Bertz CT molecular complexity index is 1080. The van der Waals surface area contributed by atoms with Crippen molar-refractivity contribution in [3.8, 4) is 11.4 Å². The summed E-state index contributed by atoms with van der Waals surface area (Å²) in [4.78, 5) is 16.5. The average molecular weight is 421 g/mol. The topological polar surface area (TPSA) is 114 Å². The molecule has 0 atom stereocenters. The van der Waals surface area contributed by atoms with E-state index in [0.29, 0.717) is 22.1 Å². The molecule has 3 aromatic rings. The third kappa shape index (κ3) is 5.54. The van der Waals surface area contributed by atoms with Gasteiger partial charge in [-0.3, -0.25) is 9.52 Å². The second-order valence-electron chi connectivity index (χ2n) is 6.00. The van der Waals surface area contributed by atoms with Crippen LogP contribution >= 0.6 is 11.6 Å². The third-order valence-corrected chi connectivity index (χ3v) is 4.51. The number of hydrogen-bond donors (Lipinski definition) is 2. The molecule has 0 saturated carbocycles. The molecule has 2 N–H and O–H groups in total. The summed E-state index contributed by atoms with van der Waals surface area (Å²) in [5.41, 5.74) is 1.66. The van der Waals surface area contributed by atoms with Crippen molar-refractivity contribution in [1.82, 2.24) is 15.5 Å². The van der Waals surface area contributed by atoms with E-state index in [1.54, 1.807) is 48.5 Å². The van der Waals surface area contributed by atoms with Gasteiger partial charge in [0.15, 0.2) is 0 Å². The first kappa shape index (κ1) is 19.8. The molecule has 1 aromatic heterocycles. The van der Waals surface area contributed by atoms with Crippen LogP contribution in [0.25, 0.3) is 11.4 Å². The van der Waals surface area contributed by atoms with E-state index in [1.807, 2.05) is 0 Å². The molecule has 0 radical (unpaired) electrons. The quantitative estimate of drug-likeness (QED) is 0.607. The summed E-state index contributed by atoms with van der Waals surface area (Å²) in [5.74, 6) is 0.332. The Labute approximate surface area is 167 Å². The number of carbonyl (C=O) groups excluding carboxylic acids is 1. The van der Waals surface area contributed by atoms with Crippen molar-refractivity contribution in [2.24, 2.45) is 0 Å². The molecule has 0 bridgehead atoms. The maximum absolute atomic E-state index is 12.2. The molecule has 146 valence electrons. The molecule has 0 aliphatic rings. The monoisotopic (exact) mass is 420 g/mol. The summed E-state index contributed by atoms with van der Waals surface area (Å²) in [6.45, 7) is 0.0566. The average Bonchev–Trinajstić information content (AvgIpc) is 3.10. The lowest BCUT2D eigenvalue weighted by atomic mass is 10.1. The van der Waals surface area contributed by atoms with Crippen molar-refractivity contribution < 1.29 is 17.7 Å². The normalized spacial score (nSPS) is 11.2. The molecule has 1 heterocycles. The van der Waals surface area contributed by atoms with Gasteiger partial charge in [0.25, 0.3) is 0 Å². The number of sulfonamides is 1. The van der Waals surface area contributed by atoms with Crippen LogP contribution < -0.4 is 10.0 Å². The van der Waals surface area contributed by atoms with Gasteiger partial charge in [-0.25, -0.2) is 8.42 Å². The molecule has 0 unspecified atom stereocenters. The minimum absolute atomic E-state index is 0.00310. The molecule has 0 saturated heterocycles. The van der Waals surface area contributed by atoms with E-state index in [4.69, 9.17) is 16.1 Å². The molecule has 0 spiro atoms.